The van der Waals surface area contributed by atoms with Crippen molar-refractivity contribution in [1.82, 2.24) is 20.2 Å². The van der Waals surface area contributed by atoms with E-state index in [0.29, 0.717) is 29.1 Å². The number of fused-ring (bicyclic) bond motifs is 1. The number of rotatable bonds is 5. The van der Waals surface area contributed by atoms with Crippen molar-refractivity contribution in [3.63, 3.8) is 0 Å². The summed E-state index contributed by atoms with van der Waals surface area (Å²) in [4.78, 5) is 8.68. The zero-order valence-electron chi connectivity index (χ0n) is 11.4. The standard InChI is InChI=1S/C14H14ClN5O/c1-2-16-14-18-12-11(7-17-20-12)13(19-14)21-8-9-4-3-5-10(15)6-9/h3-7H,2,8H2,1H3,(H2,16,17,18,19,20). The number of nitrogens with one attached hydrogen (secondary N) is 2. The van der Waals surface area contributed by atoms with Crippen molar-refractivity contribution in [1.29, 1.82) is 0 Å². The molecule has 0 radical (unpaired) electrons. The van der Waals surface area contributed by atoms with E-state index in [9.17, 15) is 0 Å². The van der Waals surface area contributed by atoms with E-state index >= 15 is 0 Å². The minimum atomic E-state index is 0.378. The van der Waals surface area contributed by atoms with E-state index in [4.69, 9.17) is 16.3 Å². The van der Waals surface area contributed by atoms with Crippen LogP contribution in [0, 0.1) is 0 Å². The van der Waals surface area contributed by atoms with Crippen LogP contribution in [0.5, 0.6) is 5.88 Å². The Balaban J connectivity index is 1.86. The lowest BCUT2D eigenvalue weighted by Gasteiger charge is -2.08. The first kappa shape index (κ1) is 13.6. The third-order valence-corrected chi connectivity index (χ3v) is 3.11. The van der Waals surface area contributed by atoms with E-state index in [2.05, 4.69) is 25.5 Å². The van der Waals surface area contributed by atoms with Crippen LogP contribution >= 0.6 is 11.6 Å². The smallest absolute Gasteiger partial charge is 0.229 e. The number of anilines is 1. The molecule has 0 unspecified atom stereocenters. The van der Waals surface area contributed by atoms with Crippen molar-refractivity contribution in [3.8, 4) is 5.88 Å². The van der Waals surface area contributed by atoms with Crippen molar-refractivity contribution in [3.05, 3.63) is 41.0 Å². The van der Waals surface area contributed by atoms with Gasteiger partial charge < -0.3 is 10.1 Å². The second-order valence-corrected chi connectivity index (χ2v) is 4.87. The lowest BCUT2D eigenvalue weighted by atomic mass is 10.2. The maximum Gasteiger partial charge on any atom is 0.229 e. The summed E-state index contributed by atoms with van der Waals surface area (Å²) in [6.07, 6.45) is 1.65. The highest BCUT2D eigenvalue weighted by atomic mass is 35.5. The summed E-state index contributed by atoms with van der Waals surface area (Å²) in [7, 11) is 0. The van der Waals surface area contributed by atoms with Gasteiger partial charge in [-0.05, 0) is 24.6 Å². The topological polar surface area (TPSA) is 75.7 Å². The summed E-state index contributed by atoms with van der Waals surface area (Å²) in [6.45, 7) is 3.09. The summed E-state index contributed by atoms with van der Waals surface area (Å²) < 4.78 is 5.80. The number of ether oxygens (including phenoxy) is 1. The van der Waals surface area contributed by atoms with Crippen LogP contribution in [0.4, 0.5) is 5.95 Å². The molecule has 21 heavy (non-hydrogen) atoms. The van der Waals surface area contributed by atoms with Crippen LogP contribution in [0.1, 0.15) is 12.5 Å². The Morgan fingerprint density at radius 1 is 1.33 bits per heavy atom. The van der Waals surface area contributed by atoms with E-state index in [1.165, 1.54) is 0 Å². The van der Waals surface area contributed by atoms with E-state index in [1.54, 1.807) is 6.20 Å². The minimum Gasteiger partial charge on any atom is -0.472 e. The molecule has 0 aliphatic heterocycles. The Hall–Kier alpha value is -2.34. The number of hydrogen-bond donors (Lipinski definition) is 2. The molecular formula is C14H14ClN5O. The SMILES string of the molecule is CCNc1nc(OCc2cccc(Cl)c2)c2cn[nH]c2n1. The van der Waals surface area contributed by atoms with Crippen LogP contribution in [0.15, 0.2) is 30.5 Å². The lowest BCUT2D eigenvalue weighted by molar-refractivity contribution is 0.298. The number of aromatic amines is 1. The van der Waals surface area contributed by atoms with E-state index in [0.717, 1.165) is 17.5 Å². The monoisotopic (exact) mass is 303 g/mol. The zero-order valence-corrected chi connectivity index (χ0v) is 12.2. The average molecular weight is 304 g/mol. The normalized spacial score (nSPS) is 10.8. The molecule has 0 saturated heterocycles. The molecular weight excluding hydrogens is 290 g/mol. The third kappa shape index (κ3) is 3.05. The summed E-state index contributed by atoms with van der Waals surface area (Å²) in [5.41, 5.74) is 1.62. The van der Waals surface area contributed by atoms with Crippen molar-refractivity contribution in [2.45, 2.75) is 13.5 Å². The fourth-order valence-corrected chi connectivity index (χ4v) is 2.15. The largest absolute Gasteiger partial charge is 0.472 e. The molecule has 2 N–H and O–H groups in total. The number of H-pyrrole nitrogens is 1. The van der Waals surface area contributed by atoms with Gasteiger partial charge in [-0.1, -0.05) is 23.7 Å². The average Bonchev–Trinajstić information content (AvgIpc) is 2.93. The molecule has 7 heteroatoms. The van der Waals surface area contributed by atoms with Crippen LogP contribution in [0.25, 0.3) is 11.0 Å². The summed E-state index contributed by atoms with van der Waals surface area (Å²) in [5.74, 6) is 1.00. The molecule has 0 atom stereocenters. The number of benzene rings is 1. The molecule has 108 valence electrons. The van der Waals surface area contributed by atoms with Crippen molar-refractivity contribution in [2.75, 3.05) is 11.9 Å². The molecule has 0 aliphatic carbocycles. The van der Waals surface area contributed by atoms with Crippen molar-refractivity contribution >= 4 is 28.6 Å². The fraction of sp³-hybridized carbons (Fsp3) is 0.214. The number of halogens is 1. The summed E-state index contributed by atoms with van der Waals surface area (Å²) >= 11 is 5.96. The van der Waals surface area contributed by atoms with Crippen molar-refractivity contribution in [2.24, 2.45) is 0 Å². The molecule has 0 saturated carbocycles. The second kappa shape index (κ2) is 5.97. The molecule has 2 heterocycles. The molecule has 0 spiro atoms. The highest BCUT2D eigenvalue weighted by molar-refractivity contribution is 6.30. The third-order valence-electron chi connectivity index (χ3n) is 2.87. The fourth-order valence-electron chi connectivity index (χ4n) is 1.93. The van der Waals surface area contributed by atoms with Crippen LogP contribution in [0.2, 0.25) is 5.02 Å². The first-order valence-corrected chi connectivity index (χ1v) is 6.96. The molecule has 2 aromatic heterocycles. The minimum absolute atomic E-state index is 0.378. The van der Waals surface area contributed by atoms with Gasteiger partial charge in [0, 0.05) is 11.6 Å². The summed E-state index contributed by atoms with van der Waals surface area (Å²) in [5, 5.41) is 11.3. The molecule has 3 aromatic rings. The second-order valence-electron chi connectivity index (χ2n) is 4.43. The molecule has 3 rings (SSSR count). The van der Waals surface area contributed by atoms with Gasteiger partial charge >= 0.3 is 0 Å². The van der Waals surface area contributed by atoms with Gasteiger partial charge in [-0.15, -0.1) is 0 Å². The van der Waals surface area contributed by atoms with Gasteiger partial charge in [0.25, 0.3) is 0 Å². The maximum atomic E-state index is 5.96. The van der Waals surface area contributed by atoms with Gasteiger partial charge in [-0.3, -0.25) is 5.10 Å². The Morgan fingerprint density at radius 3 is 3.05 bits per heavy atom. The van der Waals surface area contributed by atoms with Gasteiger partial charge in [0.1, 0.15) is 12.0 Å². The molecule has 0 aliphatic rings. The zero-order chi connectivity index (χ0) is 14.7. The van der Waals surface area contributed by atoms with Gasteiger partial charge in [-0.2, -0.15) is 15.1 Å². The number of nitrogens with zero attached hydrogens (tertiary/aromatic N) is 3. The van der Waals surface area contributed by atoms with Gasteiger partial charge in [0.05, 0.1) is 6.20 Å². The Kier molecular flexibility index (Phi) is 3.87. The molecule has 1 aromatic carbocycles. The van der Waals surface area contributed by atoms with Crippen LogP contribution in [-0.4, -0.2) is 26.7 Å². The quantitative estimate of drug-likeness (QED) is 0.758. The first-order chi connectivity index (χ1) is 10.3. The van der Waals surface area contributed by atoms with E-state index in [-0.39, 0.29) is 0 Å². The highest BCUT2D eigenvalue weighted by Gasteiger charge is 2.10. The van der Waals surface area contributed by atoms with Crippen molar-refractivity contribution < 1.29 is 4.74 Å². The summed E-state index contributed by atoms with van der Waals surface area (Å²) in [6, 6.07) is 7.52. The maximum absolute atomic E-state index is 5.96. The number of aromatic nitrogens is 4. The lowest BCUT2D eigenvalue weighted by Crippen LogP contribution is -2.05. The Morgan fingerprint density at radius 2 is 2.24 bits per heavy atom. The molecule has 0 fully saturated rings. The van der Waals surface area contributed by atoms with Gasteiger partial charge in [0.15, 0.2) is 5.65 Å². The Labute approximate surface area is 126 Å². The van der Waals surface area contributed by atoms with E-state index < -0.39 is 0 Å². The van der Waals surface area contributed by atoms with Gasteiger partial charge in [-0.25, -0.2) is 0 Å². The van der Waals surface area contributed by atoms with Crippen LogP contribution in [0.3, 0.4) is 0 Å². The predicted molar refractivity (Wildman–Crippen MR) is 81.6 cm³/mol. The predicted octanol–water partition coefficient (Wildman–Crippen LogP) is 3.02. The molecule has 0 bridgehead atoms. The van der Waals surface area contributed by atoms with E-state index in [1.807, 2.05) is 31.2 Å². The van der Waals surface area contributed by atoms with Gasteiger partial charge in [0.2, 0.25) is 11.8 Å². The first-order valence-electron chi connectivity index (χ1n) is 6.58. The Bertz CT molecular complexity index is 758. The molecule has 0 amide bonds. The van der Waals surface area contributed by atoms with Crippen LogP contribution < -0.4 is 10.1 Å². The van der Waals surface area contributed by atoms with Crippen LogP contribution in [-0.2, 0) is 6.61 Å². The number of hydrogen-bond acceptors (Lipinski definition) is 5. The highest BCUT2D eigenvalue weighted by Crippen LogP contribution is 2.23. The molecule has 6 nitrogen and oxygen atoms in total.